The predicted molar refractivity (Wildman–Crippen MR) is 77.6 cm³/mol. The van der Waals surface area contributed by atoms with Crippen LogP contribution in [0.15, 0.2) is 42.5 Å². The van der Waals surface area contributed by atoms with Gasteiger partial charge in [0.2, 0.25) is 0 Å². The Morgan fingerprint density at radius 2 is 2.05 bits per heavy atom. The van der Waals surface area contributed by atoms with Gasteiger partial charge >= 0.3 is 0 Å². The number of hydrogen-bond acceptors (Lipinski definition) is 3. The quantitative estimate of drug-likeness (QED) is 0.848. The summed E-state index contributed by atoms with van der Waals surface area (Å²) in [7, 11) is 0. The molecule has 0 unspecified atom stereocenters. The van der Waals surface area contributed by atoms with Crippen molar-refractivity contribution in [2.75, 3.05) is 11.4 Å². The third kappa shape index (κ3) is 2.50. The summed E-state index contributed by atoms with van der Waals surface area (Å²) in [5.41, 5.74) is 2.54. The van der Waals surface area contributed by atoms with Crippen molar-refractivity contribution in [1.29, 1.82) is 5.26 Å². The molecule has 3 rings (SSSR count). The number of Topliss-reactive ketones (excluding diaryl/α,β-unsaturated/α-hetero) is 1. The number of hydrogen-bond donors (Lipinski definition) is 0. The minimum absolute atomic E-state index is 0.0499. The number of fused-ring (bicyclic) bond motifs is 1. The number of para-hydroxylation sites is 1. The van der Waals surface area contributed by atoms with Gasteiger partial charge in [0.25, 0.3) is 0 Å². The van der Waals surface area contributed by atoms with E-state index in [0.717, 1.165) is 16.8 Å². The van der Waals surface area contributed by atoms with Gasteiger partial charge in [-0.25, -0.2) is 4.39 Å². The lowest BCUT2D eigenvalue weighted by atomic mass is 9.99. The molecular weight excluding hydrogens is 267 g/mol. The zero-order valence-electron chi connectivity index (χ0n) is 11.3. The van der Waals surface area contributed by atoms with Crippen molar-refractivity contribution in [3.8, 4) is 6.07 Å². The topological polar surface area (TPSA) is 44.1 Å². The number of rotatable bonds is 2. The molecular formula is C17H13FN2O. The van der Waals surface area contributed by atoms with E-state index in [1.807, 2.05) is 30.3 Å². The van der Waals surface area contributed by atoms with Crippen LogP contribution < -0.4 is 4.90 Å². The first-order valence-corrected chi connectivity index (χ1v) is 6.75. The van der Waals surface area contributed by atoms with Crippen LogP contribution in [0.2, 0.25) is 0 Å². The Hall–Kier alpha value is -2.67. The summed E-state index contributed by atoms with van der Waals surface area (Å²) in [5.74, 6) is -0.353. The fourth-order valence-electron chi connectivity index (χ4n) is 2.62. The standard InChI is InChI=1S/C17H13FN2O/c18-15-6-5-12(9-13(15)10-19)11-20-8-7-17(21)14-3-1-2-4-16(14)20/h1-6,9H,7-8,11H2. The molecule has 0 aliphatic carbocycles. The van der Waals surface area contributed by atoms with E-state index in [4.69, 9.17) is 5.26 Å². The number of benzene rings is 2. The van der Waals surface area contributed by atoms with E-state index in [0.29, 0.717) is 19.5 Å². The van der Waals surface area contributed by atoms with E-state index in [1.165, 1.54) is 6.07 Å². The van der Waals surface area contributed by atoms with E-state index >= 15 is 0 Å². The van der Waals surface area contributed by atoms with Gasteiger partial charge in [-0.1, -0.05) is 18.2 Å². The zero-order chi connectivity index (χ0) is 14.8. The maximum Gasteiger partial charge on any atom is 0.166 e. The summed E-state index contributed by atoms with van der Waals surface area (Å²) in [6.45, 7) is 1.19. The molecule has 0 saturated heterocycles. The summed E-state index contributed by atoms with van der Waals surface area (Å²) >= 11 is 0. The molecule has 104 valence electrons. The van der Waals surface area contributed by atoms with Crippen molar-refractivity contribution in [3.63, 3.8) is 0 Å². The highest BCUT2D eigenvalue weighted by Gasteiger charge is 2.22. The SMILES string of the molecule is N#Cc1cc(CN2CCC(=O)c3ccccc32)ccc1F. The van der Waals surface area contributed by atoms with E-state index in [2.05, 4.69) is 4.90 Å². The normalized spacial score (nSPS) is 13.7. The van der Waals surface area contributed by atoms with Crippen molar-refractivity contribution in [2.45, 2.75) is 13.0 Å². The molecule has 0 spiro atoms. The zero-order valence-corrected chi connectivity index (χ0v) is 11.3. The number of carbonyl (C=O) groups is 1. The Morgan fingerprint density at radius 3 is 2.86 bits per heavy atom. The number of nitriles is 1. The van der Waals surface area contributed by atoms with Gasteiger partial charge in [0.1, 0.15) is 11.9 Å². The van der Waals surface area contributed by atoms with E-state index in [-0.39, 0.29) is 11.3 Å². The van der Waals surface area contributed by atoms with Gasteiger partial charge in [0.05, 0.1) is 5.56 Å². The molecule has 0 saturated carbocycles. The Bertz CT molecular complexity index is 749. The first-order valence-electron chi connectivity index (χ1n) is 6.75. The van der Waals surface area contributed by atoms with Crippen molar-refractivity contribution in [2.24, 2.45) is 0 Å². The largest absolute Gasteiger partial charge is 0.366 e. The van der Waals surface area contributed by atoms with Gasteiger partial charge in [-0.05, 0) is 29.8 Å². The van der Waals surface area contributed by atoms with Crippen LogP contribution in [0.5, 0.6) is 0 Å². The van der Waals surface area contributed by atoms with Crippen LogP contribution in [-0.4, -0.2) is 12.3 Å². The van der Waals surface area contributed by atoms with Gasteiger partial charge in [-0.15, -0.1) is 0 Å². The predicted octanol–water partition coefficient (Wildman–Crippen LogP) is 3.29. The molecule has 1 aliphatic heterocycles. The molecule has 0 amide bonds. The Balaban J connectivity index is 1.91. The fraction of sp³-hybridized carbons (Fsp3) is 0.176. The van der Waals surface area contributed by atoms with Crippen molar-refractivity contribution in [3.05, 3.63) is 65.0 Å². The summed E-state index contributed by atoms with van der Waals surface area (Å²) in [6.07, 6.45) is 0.476. The van der Waals surface area contributed by atoms with Crippen LogP contribution in [0, 0.1) is 17.1 Å². The molecule has 2 aromatic carbocycles. The molecule has 0 atom stereocenters. The minimum atomic E-state index is -0.504. The lowest BCUT2D eigenvalue weighted by molar-refractivity contribution is 0.0979. The molecule has 21 heavy (non-hydrogen) atoms. The Morgan fingerprint density at radius 1 is 1.24 bits per heavy atom. The van der Waals surface area contributed by atoms with Crippen LogP contribution in [0.4, 0.5) is 10.1 Å². The third-order valence-corrected chi connectivity index (χ3v) is 3.68. The number of ketones is 1. The molecule has 2 aromatic rings. The molecule has 1 aliphatic rings. The van der Waals surface area contributed by atoms with Gasteiger partial charge in [0, 0.05) is 30.8 Å². The first-order chi connectivity index (χ1) is 10.2. The second kappa shape index (κ2) is 5.37. The number of carbonyl (C=O) groups excluding carboxylic acids is 1. The lowest BCUT2D eigenvalue weighted by Crippen LogP contribution is -2.31. The second-order valence-corrected chi connectivity index (χ2v) is 5.04. The fourth-order valence-corrected chi connectivity index (χ4v) is 2.62. The summed E-state index contributed by atoms with van der Waals surface area (Å²) in [5, 5.41) is 8.89. The second-order valence-electron chi connectivity index (χ2n) is 5.04. The Kier molecular flexibility index (Phi) is 3.41. The van der Waals surface area contributed by atoms with Crippen molar-refractivity contribution >= 4 is 11.5 Å². The minimum Gasteiger partial charge on any atom is -0.366 e. The molecule has 0 aromatic heterocycles. The average Bonchev–Trinajstić information content (AvgIpc) is 2.52. The maximum atomic E-state index is 13.4. The molecule has 0 fully saturated rings. The van der Waals surface area contributed by atoms with Crippen molar-refractivity contribution in [1.82, 2.24) is 0 Å². The number of halogens is 1. The molecule has 0 bridgehead atoms. The van der Waals surface area contributed by atoms with Gasteiger partial charge in [0.15, 0.2) is 5.78 Å². The molecule has 1 heterocycles. The highest BCUT2D eigenvalue weighted by molar-refractivity contribution is 6.03. The van der Waals surface area contributed by atoms with Gasteiger partial charge < -0.3 is 4.90 Å². The molecule has 0 radical (unpaired) electrons. The lowest BCUT2D eigenvalue weighted by Gasteiger charge is -2.30. The highest BCUT2D eigenvalue weighted by Crippen LogP contribution is 2.28. The third-order valence-electron chi connectivity index (χ3n) is 3.68. The van der Waals surface area contributed by atoms with E-state index in [9.17, 15) is 9.18 Å². The summed E-state index contributed by atoms with van der Waals surface area (Å²) in [4.78, 5) is 14.0. The van der Waals surface area contributed by atoms with E-state index in [1.54, 1.807) is 12.1 Å². The highest BCUT2D eigenvalue weighted by atomic mass is 19.1. The smallest absolute Gasteiger partial charge is 0.166 e. The van der Waals surface area contributed by atoms with Crippen molar-refractivity contribution < 1.29 is 9.18 Å². The molecule has 3 nitrogen and oxygen atoms in total. The van der Waals surface area contributed by atoms with E-state index < -0.39 is 5.82 Å². The van der Waals surface area contributed by atoms with Crippen LogP contribution in [0.3, 0.4) is 0 Å². The van der Waals surface area contributed by atoms with Crippen LogP contribution in [0.25, 0.3) is 0 Å². The number of anilines is 1. The van der Waals surface area contributed by atoms with Gasteiger partial charge in [-0.3, -0.25) is 4.79 Å². The summed E-state index contributed by atoms with van der Waals surface area (Å²) < 4.78 is 13.4. The van der Waals surface area contributed by atoms with Crippen LogP contribution in [0.1, 0.15) is 27.9 Å². The maximum absolute atomic E-state index is 13.4. The Labute approximate surface area is 122 Å². The first kappa shape index (κ1) is 13.3. The average molecular weight is 280 g/mol. The van der Waals surface area contributed by atoms with Gasteiger partial charge in [-0.2, -0.15) is 5.26 Å². The van der Waals surface area contributed by atoms with Crippen LogP contribution >= 0.6 is 0 Å². The molecule has 0 N–H and O–H groups in total. The monoisotopic (exact) mass is 280 g/mol. The molecule has 4 heteroatoms. The summed E-state index contributed by atoms with van der Waals surface area (Å²) in [6, 6.07) is 13.9. The van der Waals surface area contributed by atoms with Crippen LogP contribution in [-0.2, 0) is 6.54 Å². The number of nitrogens with zero attached hydrogens (tertiary/aromatic N) is 2.